The SMILES string of the molecule is CCCC[C@H]1C(=O)N(C)[C@@H](CCCC)C(=O)N[C@@H](CC(C)C)C(=O)N[C@H](C(=O)NCC(N)=O)CSCC(=O)N[C@@H](Cc2ccc(O)cc2)C(=O)N(C)[C@@H](C)C(=O)N[C@@H](CC(N)=O)C(=O)N2CCC[C@H]2C(=O)N[C@@H](CN)C(=O)N[C@@H](CCC(=O)O)C(=O)N2C[C@H](O)C[C@H]2C(=O)C[C@@H](Cc2c[nH]c3ccccc23)C(=O)N[C@@H](CCN)C(=O)N[C@@H](Cc2c[nH]c3ccccc23)C(=O)N1C. The van der Waals surface area contributed by atoms with Crippen LogP contribution in [0.3, 0.4) is 0 Å². The largest absolute Gasteiger partial charge is 0.508 e. The van der Waals surface area contributed by atoms with Crippen molar-refractivity contribution in [1.82, 2.24) is 82.3 Å². The van der Waals surface area contributed by atoms with Gasteiger partial charge in [-0.3, -0.25) is 86.3 Å². The number of carboxylic acids is 1. The van der Waals surface area contributed by atoms with E-state index in [2.05, 4.69) is 57.8 Å². The number of likely N-dealkylation sites (N-methyl/N-ethyl adjacent to an activating group) is 3. The molecule has 0 saturated carbocycles. The normalized spacial score (nSPS) is 25.3. The van der Waals surface area contributed by atoms with Gasteiger partial charge in [-0.1, -0.05) is 102 Å². The van der Waals surface area contributed by atoms with Gasteiger partial charge in [-0.25, -0.2) is 0 Å². The zero-order valence-electron chi connectivity index (χ0n) is 75.1. The van der Waals surface area contributed by atoms with Gasteiger partial charge in [0.25, 0.3) is 0 Å². The topological polar surface area (TPSA) is 628 Å². The molecule has 16 amide bonds. The molecule has 15 atom stereocenters. The molecule has 3 fully saturated rings. The van der Waals surface area contributed by atoms with Gasteiger partial charge < -0.3 is 121 Å². The molecule has 42 heteroatoms. The van der Waals surface area contributed by atoms with Crippen LogP contribution in [0.15, 0.2) is 85.2 Å². The van der Waals surface area contributed by atoms with Crippen LogP contribution in [0.25, 0.3) is 21.8 Å². The number of unbranched alkanes of at least 4 members (excludes halogenated alkanes) is 2. The molecular formula is C89H126N20O21S. The highest BCUT2D eigenvalue weighted by Crippen LogP contribution is 2.30. The predicted octanol–water partition coefficient (Wildman–Crippen LogP) is -1.89. The maximum atomic E-state index is 15.8. The summed E-state index contributed by atoms with van der Waals surface area (Å²) in [6, 6.07) is -0.254. The quantitative estimate of drug-likeness (QED) is 0.0304. The molecule has 0 aliphatic carbocycles. The fraction of sp³-hybridized carbons (Fsp3) is 0.551. The number of Topliss-reactive ketones (excluding diaryl/α,β-unsaturated/α-hetero) is 1. The molecule has 131 heavy (non-hydrogen) atoms. The average molecular weight is 1840 g/mol. The summed E-state index contributed by atoms with van der Waals surface area (Å²) in [6.07, 6.45) is -0.502. The number of rotatable bonds is 25. The zero-order valence-corrected chi connectivity index (χ0v) is 76.0. The van der Waals surface area contributed by atoms with Crippen molar-refractivity contribution in [3.05, 3.63) is 102 Å². The van der Waals surface area contributed by atoms with Crippen LogP contribution in [0.2, 0.25) is 0 Å². The van der Waals surface area contributed by atoms with E-state index in [1.54, 1.807) is 74.8 Å². The number of para-hydroxylation sites is 2. The molecule has 3 aromatic carbocycles. The van der Waals surface area contributed by atoms with Gasteiger partial charge in [0, 0.05) is 119 Å². The van der Waals surface area contributed by atoms with Gasteiger partial charge in [0.05, 0.1) is 30.9 Å². The minimum absolute atomic E-state index is 0.0305. The molecule has 5 aromatic rings. The van der Waals surface area contributed by atoms with Gasteiger partial charge in [0.1, 0.15) is 78.3 Å². The van der Waals surface area contributed by atoms with Gasteiger partial charge in [0.2, 0.25) is 94.5 Å². The highest BCUT2D eigenvalue weighted by molar-refractivity contribution is 8.00. The number of nitrogens with zero attached hydrogens (tertiary/aromatic N) is 5. The van der Waals surface area contributed by atoms with Crippen LogP contribution in [0, 0.1) is 11.8 Å². The third-order valence-corrected chi connectivity index (χ3v) is 24.8. The van der Waals surface area contributed by atoms with E-state index in [1.807, 2.05) is 13.8 Å². The third kappa shape index (κ3) is 29.0. The van der Waals surface area contributed by atoms with Crippen LogP contribution >= 0.6 is 11.8 Å². The van der Waals surface area contributed by atoms with E-state index in [1.165, 1.54) is 62.1 Å². The number of phenols is 1. The molecule has 0 unspecified atom stereocenters. The second kappa shape index (κ2) is 49.4. The Morgan fingerprint density at radius 1 is 0.557 bits per heavy atom. The number of amides is 16. The van der Waals surface area contributed by atoms with Crippen molar-refractivity contribution in [2.24, 2.45) is 34.8 Å². The summed E-state index contributed by atoms with van der Waals surface area (Å²) in [7, 11) is 3.97. The molecule has 0 spiro atoms. The van der Waals surface area contributed by atoms with E-state index in [-0.39, 0.29) is 82.5 Å². The number of hydrogen-bond acceptors (Lipinski definition) is 23. The van der Waals surface area contributed by atoms with Crippen LogP contribution in [0.5, 0.6) is 5.75 Å². The van der Waals surface area contributed by atoms with Crippen molar-refractivity contribution in [2.45, 2.75) is 235 Å². The molecule has 714 valence electrons. The second-order valence-corrected chi connectivity index (χ2v) is 35.1. The van der Waals surface area contributed by atoms with Crippen molar-refractivity contribution in [2.75, 3.05) is 65.4 Å². The number of aliphatic hydroxyl groups is 1. The summed E-state index contributed by atoms with van der Waals surface area (Å²) in [5.74, 6) is -20.0. The molecule has 22 N–H and O–H groups in total. The molecule has 3 aliphatic rings. The Balaban J connectivity index is 1.19. The van der Waals surface area contributed by atoms with E-state index in [4.69, 9.17) is 22.9 Å². The highest BCUT2D eigenvalue weighted by Gasteiger charge is 2.47. The fourth-order valence-corrected chi connectivity index (χ4v) is 17.3. The van der Waals surface area contributed by atoms with Crippen LogP contribution < -0.4 is 70.8 Å². The van der Waals surface area contributed by atoms with Crippen LogP contribution in [-0.4, -0.2) is 306 Å². The molecule has 3 aliphatic heterocycles. The number of aromatic amines is 2. The summed E-state index contributed by atoms with van der Waals surface area (Å²) in [4.78, 5) is 273. The number of aliphatic hydroxyl groups excluding tert-OH is 1. The average Bonchev–Trinajstić information content (AvgIpc) is 1.72. The monoisotopic (exact) mass is 1840 g/mol. The first-order valence-corrected chi connectivity index (χ1v) is 45.4. The van der Waals surface area contributed by atoms with Crippen molar-refractivity contribution >= 4 is 140 Å². The van der Waals surface area contributed by atoms with E-state index in [9.17, 15) is 68.1 Å². The molecule has 2 aromatic heterocycles. The number of aromatic nitrogens is 2. The van der Waals surface area contributed by atoms with E-state index in [0.717, 1.165) is 26.5 Å². The Kier molecular flexibility index (Phi) is 39.2. The standard InChI is InChI=1S/C89H126N20O21S/c1-9-11-22-68-83(124)100-62(34-48(3)4)81(122)104-67(79(120)96-44-74(93)114)46-131-47-75(115)97-63(35-50-25-27-54(110)28-26-50)85(126)105(6)49(5)77(118)101-65(40-73(92)113)88(129)108-33-17-24-69(108)84(125)103-66(41-91)82(123)99-61(29-30-76(116)117)87(128)109-45-55(111)39-71(109)72(112)38-51(36-52-42-94-58-20-15-13-18-56(52)58)78(119)98-60(31-32-90)80(121)102-64(37-53-43-95-59-21-16-14-19-57(53)59)86(127)107(8)70(23-12-10-2)89(130)106(68)7/h13-16,18-21,25-28,42-43,48-49,51,55,60-71,94-95,110-111H,9-12,17,22-24,29-41,44-47,90-91H2,1-8H3,(H2,92,113)(H2,93,114)(H,96,120)(H,97,115)(H,98,119)(H,99,123)(H,100,124)(H,101,118)(H,102,121)(H,103,125)(H,104,122)(H,116,117)/t49-,51+,55+,60-,61-,62-,63-,64-,65-,66-,67-,68-,69-,70-,71-/m0/s1. The van der Waals surface area contributed by atoms with Crippen LogP contribution in [0.4, 0.5) is 0 Å². The van der Waals surface area contributed by atoms with Gasteiger partial charge >= 0.3 is 5.97 Å². The minimum Gasteiger partial charge on any atom is -0.508 e. The summed E-state index contributed by atoms with van der Waals surface area (Å²) in [6.45, 7) is 6.20. The van der Waals surface area contributed by atoms with E-state index in [0.29, 0.717) is 64.2 Å². The van der Waals surface area contributed by atoms with Crippen molar-refractivity contribution in [3.63, 3.8) is 0 Å². The highest BCUT2D eigenvalue weighted by atomic mass is 32.2. The fourth-order valence-electron chi connectivity index (χ4n) is 16.5. The number of carboxylic acid groups (broad SMARTS) is 1. The Bertz CT molecular complexity index is 4930. The summed E-state index contributed by atoms with van der Waals surface area (Å²) < 4.78 is 0. The molecule has 8 rings (SSSR count). The van der Waals surface area contributed by atoms with Crippen molar-refractivity contribution in [1.29, 1.82) is 0 Å². The molecule has 41 nitrogen and oxygen atoms in total. The van der Waals surface area contributed by atoms with Gasteiger partial charge in [0.15, 0.2) is 5.78 Å². The molecular weight excluding hydrogens is 1720 g/mol. The Morgan fingerprint density at radius 3 is 1.71 bits per heavy atom. The molecule has 5 heterocycles. The van der Waals surface area contributed by atoms with E-state index < -0.39 is 260 Å². The first-order valence-electron chi connectivity index (χ1n) is 44.2. The first-order chi connectivity index (χ1) is 62.3. The maximum Gasteiger partial charge on any atom is 0.303 e. The van der Waals surface area contributed by atoms with Crippen molar-refractivity contribution < 1.29 is 102 Å². The Hall–Kier alpha value is -12.6. The number of fused-ring (bicyclic) bond motifs is 4. The zero-order chi connectivity index (χ0) is 96.2. The number of benzene rings is 3. The third-order valence-electron chi connectivity index (χ3n) is 23.8. The number of carbonyl (C=O) groups is 18. The lowest BCUT2D eigenvalue weighted by atomic mass is 9.90. The molecule has 0 bridgehead atoms. The number of aromatic hydroxyl groups is 1. The number of H-pyrrole nitrogens is 2. The molecule has 0 radical (unpaired) electrons. The van der Waals surface area contributed by atoms with Crippen LogP contribution in [-0.2, 0) is 106 Å². The van der Waals surface area contributed by atoms with Gasteiger partial charge in [-0.15, -0.1) is 11.8 Å². The summed E-state index contributed by atoms with van der Waals surface area (Å²) in [5, 5.41) is 56.4. The lowest BCUT2D eigenvalue weighted by Crippen LogP contribution is -2.61. The summed E-state index contributed by atoms with van der Waals surface area (Å²) >= 11 is 0.788. The van der Waals surface area contributed by atoms with Gasteiger partial charge in [-0.2, -0.15) is 0 Å². The molecule has 3 saturated heterocycles. The number of primary amides is 2. The number of phenolic OH excluding ortho intramolecular Hbond substituents is 1. The van der Waals surface area contributed by atoms with Gasteiger partial charge in [-0.05, 0) is 112 Å². The lowest BCUT2D eigenvalue weighted by Gasteiger charge is -2.36. The Morgan fingerprint density at radius 2 is 1.11 bits per heavy atom. The van der Waals surface area contributed by atoms with E-state index >= 15 is 33.6 Å². The van der Waals surface area contributed by atoms with Crippen LogP contribution in [0.1, 0.15) is 148 Å². The minimum atomic E-state index is -1.80. The predicted molar refractivity (Wildman–Crippen MR) is 482 cm³/mol. The number of hydrogen-bond donors (Lipinski definition) is 18. The summed E-state index contributed by atoms with van der Waals surface area (Å²) in [5.41, 5.74) is 26.3. The maximum absolute atomic E-state index is 15.8. The number of ketones is 1. The first kappa shape index (κ1) is 104. The second-order valence-electron chi connectivity index (χ2n) is 34.1. The Labute approximate surface area is 762 Å². The number of carbonyl (C=O) groups excluding carboxylic acids is 17. The number of nitrogens with one attached hydrogen (secondary N) is 11. The smallest absolute Gasteiger partial charge is 0.303 e. The number of thioether (sulfide) groups is 1. The number of nitrogens with two attached hydrogens (primary N) is 4. The lowest BCUT2D eigenvalue weighted by molar-refractivity contribution is -0.149. The van der Waals surface area contributed by atoms with Crippen molar-refractivity contribution in [3.8, 4) is 5.75 Å². The number of aliphatic carboxylic acids is 1.